The summed E-state index contributed by atoms with van der Waals surface area (Å²) < 4.78 is 25.2. The number of esters is 5. The van der Waals surface area contributed by atoms with Crippen LogP contribution < -0.4 is 16.0 Å². The molecule has 0 aromatic carbocycles. The number of unbranched alkanes of at least 4 members (excludes halogenated alkanes) is 2. The summed E-state index contributed by atoms with van der Waals surface area (Å²) >= 11 is 1.17. The second-order valence-electron chi connectivity index (χ2n) is 14.8. The number of carbonyl (C=O) groups excluding carboxylic acids is 9. The highest BCUT2D eigenvalue weighted by molar-refractivity contribution is 8.13. The quantitative estimate of drug-likeness (QED) is 0.0331. The molecule has 0 saturated carbocycles. The van der Waals surface area contributed by atoms with E-state index < -0.39 is 54.2 Å². The van der Waals surface area contributed by atoms with E-state index in [1.165, 1.54) is 36.3 Å². The van der Waals surface area contributed by atoms with E-state index in [4.69, 9.17) is 23.7 Å². The van der Waals surface area contributed by atoms with E-state index >= 15 is 0 Å². The molecule has 0 fully saturated rings. The monoisotopic (exact) mass is 993 g/mol. The molecule has 0 radical (unpaired) electrons. The third kappa shape index (κ3) is 34.2. The van der Waals surface area contributed by atoms with Crippen molar-refractivity contribution >= 4 is 70.5 Å². The van der Waals surface area contributed by atoms with Crippen molar-refractivity contribution in [2.45, 2.75) is 67.2 Å². The van der Waals surface area contributed by atoms with Gasteiger partial charge in [0.1, 0.15) is 0 Å². The summed E-state index contributed by atoms with van der Waals surface area (Å²) in [5.41, 5.74) is 0. The van der Waals surface area contributed by atoms with E-state index in [2.05, 4.69) is 16.0 Å². The third-order valence-electron chi connectivity index (χ3n) is 9.20. The Labute approximate surface area is 404 Å². The van der Waals surface area contributed by atoms with Gasteiger partial charge in [-0.1, -0.05) is 18.2 Å². The molecule has 0 heterocycles. The summed E-state index contributed by atoms with van der Waals surface area (Å²) in [4.78, 5) is 132. The van der Waals surface area contributed by atoms with Crippen LogP contribution in [0, 0.1) is 0 Å². The minimum Gasteiger partial charge on any atom is -0.480 e. The summed E-state index contributed by atoms with van der Waals surface area (Å²) in [7, 11) is 0. The lowest BCUT2D eigenvalue weighted by Crippen LogP contribution is -2.48. The summed E-state index contributed by atoms with van der Waals surface area (Å²) in [6.45, 7) is 8.93. The highest BCUT2D eigenvalue weighted by atomic mass is 32.2. The second kappa shape index (κ2) is 39.8. The number of hydrogen-bond donors (Lipinski definition) is 4. The molecule has 0 unspecified atom stereocenters. The molecule has 0 bridgehead atoms. The number of carboxylic acids is 1. The van der Waals surface area contributed by atoms with Crippen molar-refractivity contribution in [3.8, 4) is 0 Å². The van der Waals surface area contributed by atoms with E-state index in [1.54, 1.807) is 34.6 Å². The molecule has 4 N–H and O–H groups in total. The Morgan fingerprint density at radius 3 is 1.13 bits per heavy atom. The van der Waals surface area contributed by atoms with Gasteiger partial charge in [-0.3, -0.25) is 67.5 Å². The summed E-state index contributed by atoms with van der Waals surface area (Å²) in [6, 6.07) is 0. The molecule has 25 heteroatoms. The smallest absolute Gasteiger partial charge is 0.320 e. The largest absolute Gasteiger partial charge is 0.480 e. The maximum atomic E-state index is 13.5. The first-order chi connectivity index (χ1) is 32.5. The Balaban J connectivity index is 5.88. The number of amides is 4. The molecule has 0 aliphatic carbocycles. The minimum atomic E-state index is -1.19. The van der Waals surface area contributed by atoms with Crippen LogP contribution in [0.25, 0.3) is 0 Å². The van der Waals surface area contributed by atoms with E-state index in [0.29, 0.717) is 31.6 Å². The van der Waals surface area contributed by atoms with Gasteiger partial charge < -0.3 is 49.6 Å². The zero-order valence-electron chi connectivity index (χ0n) is 40.8. The lowest BCUT2D eigenvalue weighted by Gasteiger charge is -2.27. The molecular formula is C43H76N8O16S. The Morgan fingerprint density at radius 1 is 0.441 bits per heavy atom. The summed E-state index contributed by atoms with van der Waals surface area (Å²) in [5.74, 6) is -4.84. The normalized spacial score (nSPS) is 11.0. The first-order valence-corrected chi connectivity index (χ1v) is 24.1. The molecule has 0 aromatic rings. The van der Waals surface area contributed by atoms with Crippen molar-refractivity contribution in [3.63, 3.8) is 0 Å². The molecule has 0 aromatic heterocycles. The van der Waals surface area contributed by atoms with E-state index in [1.807, 2.05) is 6.92 Å². The molecule has 0 saturated heterocycles. The summed E-state index contributed by atoms with van der Waals surface area (Å²) in [6.07, 6.45) is 2.05. The zero-order valence-corrected chi connectivity index (χ0v) is 41.6. The van der Waals surface area contributed by atoms with Crippen LogP contribution in [0.5, 0.6) is 0 Å². The number of hydrogen-bond acceptors (Lipinski definition) is 20. The van der Waals surface area contributed by atoms with Crippen LogP contribution in [0.4, 0.5) is 4.79 Å². The van der Waals surface area contributed by atoms with Crippen molar-refractivity contribution in [3.05, 3.63) is 0 Å². The van der Waals surface area contributed by atoms with Crippen molar-refractivity contribution in [2.75, 3.05) is 150 Å². The van der Waals surface area contributed by atoms with Gasteiger partial charge in [-0.25, -0.2) is 0 Å². The number of nitrogens with one attached hydrogen (secondary N) is 3. The highest BCUT2D eigenvalue weighted by Crippen LogP contribution is 2.10. The molecule has 0 spiro atoms. The molecule has 0 aliphatic heterocycles. The van der Waals surface area contributed by atoms with E-state index in [-0.39, 0.29) is 149 Å². The lowest BCUT2D eigenvalue weighted by molar-refractivity contribution is -0.150. The Hall–Kier alpha value is -5.11. The predicted molar refractivity (Wildman–Crippen MR) is 249 cm³/mol. The predicted octanol–water partition coefficient (Wildman–Crippen LogP) is -0.821. The third-order valence-corrected chi connectivity index (χ3v) is 10.1. The molecule has 68 heavy (non-hydrogen) atoms. The maximum Gasteiger partial charge on any atom is 0.320 e. The van der Waals surface area contributed by atoms with Crippen molar-refractivity contribution in [1.29, 1.82) is 0 Å². The van der Waals surface area contributed by atoms with Crippen LogP contribution in [0.1, 0.15) is 67.2 Å². The number of carbonyl (C=O) groups is 10. The van der Waals surface area contributed by atoms with Crippen molar-refractivity contribution < 1.29 is 76.7 Å². The lowest BCUT2D eigenvalue weighted by atomic mass is 10.2. The van der Waals surface area contributed by atoms with Gasteiger partial charge in [0.25, 0.3) is 5.24 Å². The van der Waals surface area contributed by atoms with Gasteiger partial charge in [-0.05, 0) is 54.4 Å². The van der Waals surface area contributed by atoms with Crippen molar-refractivity contribution in [2.24, 2.45) is 0 Å². The van der Waals surface area contributed by atoms with Crippen LogP contribution in [0.3, 0.4) is 0 Å². The van der Waals surface area contributed by atoms with Crippen LogP contribution in [-0.2, 0) is 66.8 Å². The minimum absolute atomic E-state index is 0.000418. The zero-order chi connectivity index (χ0) is 51.1. The average molecular weight is 993 g/mol. The Kier molecular flexibility index (Phi) is 36.8. The first kappa shape index (κ1) is 62.9. The molecule has 0 rings (SSSR count). The van der Waals surface area contributed by atoms with Gasteiger partial charge in [0.2, 0.25) is 17.7 Å². The maximum absolute atomic E-state index is 13.5. The SMILES string of the molecule is CCNC(=O)SCCCCCC(=O)N(CCNC(=O)CN(CCN(CC(=O)O)CC(=O)OCC)CC(=O)OCC)CCNC(=O)CN(CCN(CC(=O)OCC)CC(=O)OCC)CC(=O)OCC. The number of nitrogens with zero attached hydrogens (tertiary/aromatic N) is 5. The van der Waals surface area contributed by atoms with Gasteiger partial charge in [-0.15, -0.1) is 0 Å². The first-order valence-electron chi connectivity index (χ1n) is 23.1. The van der Waals surface area contributed by atoms with Gasteiger partial charge in [0.05, 0.1) is 85.4 Å². The van der Waals surface area contributed by atoms with Gasteiger partial charge in [-0.2, -0.15) is 0 Å². The standard InChI is InChI=1S/C43H76N8O16S/c1-7-44-43(62)68-25-15-13-14-16-36(54)51(19-17-45-34(52)26-47(29-38(57)63-8-2)21-23-49(28-37(55)56)31-40(59)65-10-4)20-18-46-35(53)27-48(30-39(58)64-9-3)22-24-50(32-41(60)66-11-5)33-42(61)67-12-6/h7-33H2,1-6H3,(H,44,62)(H,45,52)(H,46,53)(H,55,56). The van der Waals surface area contributed by atoms with Gasteiger partial charge >= 0.3 is 35.8 Å². The van der Waals surface area contributed by atoms with Crippen LogP contribution in [0.15, 0.2) is 0 Å². The number of aliphatic carboxylic acids is 1. The van der Waals surface area contributed by atoms with Crippen LogP contribution in [-0.4, -0.2) is 238 Å². The average Bonchev–Trinajstić information content (AvgIpc) is 3.25. The topological polar surface area (TPSA) is 289 Å². The van der Waals surface area contributed by atoms with Gasteiger partial charge in [0, 0.05) is 71.1 Å². The summed E-state index contributed by atoms with van der Waals surface area (Å²) in [5, 5.41) is 17.5. The van der Waals surface area contributed by atoms with E-state index in [0.717, 1.165) is 0 Å². The number of rotatable bonds is 40. The molecule has 24 nitrogen and oxygen atoms in total. The molecule has 0 aliphatic rings. The molecule has 4 amide bonds. The van der Waals surface area contributed by atoms with Crippen molar-refractivity contribution in [1.82, 2.24) is 40.4 Å². The number of thioether (sulfide) groups is 1. The Bertz CT molecular complexity index is 1540. The second-order valence-corrected chi connectivity index (χ2v) is 15.9. The molecule has 0 atom stereocenters. The van der Waals surface area contributed by atoms with Gasteiger partial charge in [0.15, 0.2) is 0 Å². The van der Waals surface area contributed by atoms with Crippen LogP contribution in [0.2, 0.25) is 0 Å². The fourth-order valence-electron chi connectivity index (χ4n) is 6.17. The Morgan fingerprint density at radius 2 is 0.794 bits per heavy atom. The number of carboxylic acid groups (broad SMARTS) is 1. The fourth-order valence-corrected chi connectivity index (χ4v) is 6.95. The number of ether oxygens (including phenoxy) is 5. The fraction of sp³-hybridized carbons (Fsp3) is 0.767. The van der Waals surface area contributed by atoms with E-state index in [9.17, 15) is 53.1 Å². The molecular weight excluding hydrogens is 917 g/mol. The molecule has 390 valence electrons. The van der Waals surface area contributed by atoms with Crippen LogP contribution >= 0.6 is 11.8 Å². The highest BCUT2D eigenvalue weighted by Gasteiger charge is 2.23.